The van der Waals surface area contributed by atoms with Crippen molar-refractivity contribution >= 4 is 38.7 Å². The largest absolute Gasteiger partial charge is 0.445 e. The maximum atomic E-state index is 12.9. The number of sulfonamides is 1. The van der Waals surface area contributed by atoms with Crippen LogP contribution in [-0.4, -0.2) is 44.7 Å². The number of fused-ring (bicyclic) bond motifs is 1. The van der Waals surface area contributed by atoms with Crippen LogP contribution in [-0.2, 0) is 31.0 Å². The van der Waals surface area contributed by atoms with Crippen molar-refractivity contribution in [3.8, 4) is 0 Å². The quantitative estimate of drug-likeness (QED) is 0.311. The second kappa shape index (κ2) is 11.9. The smallest absolute Gasteiger partial charge is 0.408 e. The highest BCUT2D eigenvalue weighted by atomic mass is 32.2. The number of furan rings is 1. The summed E-state index contributed by atoms with van der Waals surface area (Å²) in [5, 5.41) is 2.69. The number of nitrogens with two attached hydrogens (primary N) is 1. The van der Waals surface area contributed by atoms with Gasteiger partial charge in [-0.3, -0.25) is 9.59 Å². The molecule has 11 heteroatoms. The zero-order valence-corrected chi connectivity index (χ0v) is 20.8. The van der Waals surface area contributed by atoms with Gasteiger partial charge in [-0.15, -0.1) is 0 Å². The van der Waals surface area contributed by atoms with Gasteiger partial charge in [-0.2, -0.15) is 0 Å². The number of nitrogens with one attached hydrogen (secondary N) is 2. The van der Waals surface area contributed by atoms with Gasteiger partial charge >= 0.3 is 6.09 Å². The molecule has 192 valence electrons. The molecule has 1 aromatic heterocycles. The van der Waals surface area contributed by atoms with Crippen LogP contribution in [0.4, 0.5) is 4.79 Å². The number of hydrogen-bond acceptors (Lipinski definition) is 8. The van der Waals surface area contributed by atoms with Crippen molar-refractivity contribution in [2.24, 2.45) is 11.7 Å². The van der Waals surface area contributed by atoms with E-state index in [-0.39, 0.29) is 24.0 Å². The monoisotopic (exact) mass is 515 g/mol. The van der Waals surface area contributed by atoms with Crippen molar-refractivity contribution in [1.29, 1.82) is 0 Å². The summed E-state index contributed by atoms with van der Waals surface area (Å²) in [4.78, 5) is 37.8. The highest BCUT2D eigenvalue weighted by Crippen LogP contribution is 2.22. The molecule has 0 saturated carbocycles. The molecular formula is C25H29N3O7S. The number of ether oxygens (including phenoxy) is 1. The summed E-state index contributed by atoms with van der Waals surface area (Å²) >= 11 is 0. The number of alkyl carbamates (subject to hydrolysis) is 1. The second-order valence-electron chi connectivity index (χ2n) is 8.66. The molecule has 0 fully saturated rings. The molecule has 0 aliphatic rings. The summed E-state index contributed by atoms with van der Waals surface area (Å²) in [5.41, 5.74) is 7.00. The first kappa shape index (κ1) is 27.1. The first-order chi connectivity index (χ1) is 17.1. The Morgan fingerprint density at radius 3 is 2.36 bits per heavy atom. The number of carbonyl (C=O) groups excluding carboxylic acids is 3. The molecule has 3 rings (SSSR count). The Kier molecular flexibility index (Phi) is 8.97. The molecule has 0 aliphatic heterocycles. The molecule has 36 heavy (non-hydrogen) atoms. The van der Waals surface area contributed by atoms with Crippen LogP contribution in [0.2, 0.25) is 0 Å². The molecule has 2 atom stereocenters. The van der Waals surface area contributed by atoms with E-state index in [0.717, 1.165) is 5.56 Å². The minimum absolute atomic E-state index is 0.00379. The number of ketones is 2. The van der Waals surface area contributed by atoms with E-state index >= 15 is 0 Å². The molecule has 0 saturated heterocycles. The number of amides is 1. The molecule has 1 heterocycles. The van der Waals surface area contributed by atoms with Gasteiger partial charge in [-0.05, 0) is 24.0 Å². The maximum Gasteiger partial charge on any atom is 0.408 e. The molecule has 4 N–H and O–H groups in total. The normalized spacial score (nSPS) is 13.3. The molecule has 10 nitrogen and oxygen atoms in total. The van der Waals surface area contributed by atoms with Gasteiger partial charge in [0.25, 0.3) is 10.0 Å². The summed E-state index contributed by atoms with van der Waals surface area (Å²) in [6, 6.07) is 14.3. The summed E-state index contributed by atoms with van der Waals surface area (Å²) in [7, 11) is -4.16. The van der Waals surface area contributed by atoms with Crippen molar-refractivity contribution < 1.29 is 32.0 Å². The zero-order valence-electron chi connectivity index (χ0n) is 20.0. The van der Waals surface area contributed by atoms with Crippen LogP contribution in [0, 0.1) is 5.92 Å². The minimum Gasteiger partial charge on any atom is -0.445 e. The molecule has 0 spiro atoms. The topological polar surface area (TPSA) is 158 Å². The van der Waals surface area contributed by atoms with Crippen LogP contribution in [0.25, 0.3) is 11.0 Å². The fraction of sp³-hybridized carbons (Fsp3) is 0.320. The van der Waals surface area contributed by atoms with Gasteiger partial charge < -0.3 is 20.2 Å². The molecule has 0 aliphatic carbocycles. The van der Waals surface area contributed by atoms with E-state index in [1.807, 2.05) is 19.9 Å². The third kappa shape index (κ3) is 7.23. The van der Waals surface area contributed by atoms with E-state index in [4.69, 9.17) is 14.9 Å². The van der Waals surface area contributed by atoms with E-state index in [1.54, 1.807) is 48.5 Å². The van der Waals surface area contributed by atoms with Crippen molar-refractivity contribution in [3.05, 3.63) is 66.2 Å². The van der Waals surface area contributed by atoms with Gasteiger partial charge in [-0.1, -0.05) is 62.4 Å². The average molecular weight is 516 g/mol. The summed E-state index contributed by atoms with van der Waals surface area (Å²) in [6.07, 6.45) is -0.617. The Balaban J connectivity index is 1.59. The number of Topliss-reactive ketones (excluding diaryl/α,β-unsaturated/α-hetero) is 2. The zero-order chi connectivity index (χ0) is 26.3. The number of para-hydroxylation sites is 1. The van der Waals surface area contributed by atoms with Crippen LogP contribution in [0.5, 0.6) is 0 Å². The molecule has 2 aromatic carbocycles. The molecule has 0 radical (unpaired) electrons. The van der Waals surface area contributed by atoms with Crippen LogP contribution in [0.3, 0.4) is 0 Å². The minimum atomic E-state index is -4.16. The van der Waals surface area contributed by atoms with Crippen LogP contribution < -0.4 is 15.8 Å². The van der Waals surface area contributed by atoms with Crippen molar-refractivity contribution in [2.75, 3.05) is 6.54 Å². The van der Waals surface area contributed by atoms with Gasteiger partial charge in [0.15, 0.2) is 11.6 Å². The van der Waals surface area contributed by atoms with E-state index in [2.05, 4.69) is 10.0 Å². The third-order valence-corrected chi connectivity index (χ3v) is 6.57. The predicted molar refractivity (Wildman–Crippen MR) is 132 cm³/mol. The average Bonchev–Trinajstić information content (AvgIpc) is 3.31. The fourth-order valence-corrected chi connectivity index (χ4v) is 4.39. The van der Waals surface area contributed by atoms with E-state index in [9.17, 15) is 22.8 Å². The third-order valence-electron chi connectivity index (χ3n) is 5.31. The van der Waals surface area contributed by atoms with Crippen LogP contribution in [0.1, 0.15) is 25.8 Å². The van der Waals surface area contributed by atoms with Gasteiger partial charge in [0.05, 0.1) is 12.6 Å². The summed E-state index contributed by atoms with van der Waals surface area (Å²) in [6.45, 7) is 2.96. The van der Waals surface area contributed by atoms with Crippen molar-refractivity contribution in [1.82, 2.24) is 10.0 Å². The number of carbonyl (C=O) groups is 3. The highest BCUT2D eigenvalue weighted by molar-refractivity contribution is 7.89. The van der Waals surface area contributed by atoms with Gasteiger partial charge in [0, 0.05) is 11.5 Å². The lowest BCUT2D eigenvalue weighted by Crippen LogP contribution is -2.53. The van der Waals surface area contributed by atoms with E-state index < -0.39 is 46.3 Å². The predicted octanol–water partition coefficient (Wildman–Crippen LogP) is 2.52. The number of rotatable bonds is 12. The Morgan fingerprint density at radius 1 is 1.03 bits per heavy atom. The standard InChI is InChI=1S/C25H29N3O7S/c1-16(2)12-19(28-25(31)34-15-17-8-4-3-5-9-17)24(30)23(26)20(29)14-27-36(32,33)22-13-18-10-6-7-11-21(18)35-22/h3-11,13,16,19,23,27H,12,14-15,26H2,1-2H3,(H,28,31)/t19-,23?/m0/s1. The Morgan fingerprint density at radius 2 is 1.69 bits per heavy atom. The Hall–Kier alpha value is -3.54. The van der Waals surface area contributed by atoms with Gasteiger partial charge in [0.2, 0.25) is 5.09 Å². The number of benzene rings is 2. The van der Waals surface area contributed by atoms with Crippen LogP contribution in [0.15, 0.2) is 70.2 Å². The Bertz CT molecular complexity index is 1290. The SMILES string of the molecule is CC(C)C[C@H](NC(=O)OCc1ccccc1)C(=O)C(N)C(=O)CNS(=O)(=O)c1cc2ccccc2o1. The molecule has 3 aromatic rings. The van der Waals surface area contributed by atoms with Crippen LogP contribution >= 0.6 is 0 Å². The first-order valence-electron chi connectivity index (χ1n) is 11.3. The number of hydrogen-bond donors (Lipinski definition) is 3. The summed E-state index contributed by atoms with van der Waals surface area (Å²) in [5.74, 6) is -1.61. The van der Waals surface area contributed by atoms with E-state index in [1.165, 1.54) is 6.07 Å². The Labute approximate surface area is 209 Å². The van der Waals surface area contributed by atoms with Gasteiger partial charge in [0.1, 0.15) is 18.2 Å². The molecular weight excluding hydrogens is 486 g/mol. The van der Waals surface area contributed by atoms with E-state index in [0.29, 0.717) is 11.0 Å². The second-order valence-corrected chi connectivity index (χ2v) is 10.4. The fourth-order valence-electron chi connectivity index (χ4n) is 3.44. The summed E-state index contributed by atoms with van der Waals surface area (Å²) < 4.78 is 37.7. The lowest BCUT2D eigenvalue weighted by Gasteiger charge is -2.22. The molecule has 1 unspecified atom stereocenters. The lowest BCUT2D eigenvalue weighted by atomic mass is 9.95. The van der Waals surface area contributed by atoms with Gasteiger partial charge in [-0.25, -0.2) is 17.9 Å². The first-order valence-corrected chi connectivity index (χ1v) is 12.8. The highest BCUT2D eigenvalue weighted by Gasteiger charge is 2.32. The molecule has 0 bridgehead atoms. The van der Waals surface area contributed by atoms with Crippen molar-refractivity contribution in [2.45, 2.75) is 44.1 Å². The molecule has 1 amide bonds. The lowest BCUT2D eigenvalue weighted by molar-refractivity contribution is -0.129. The maximum absolute atomic E-state index is 12.9. The van der Waals surface area contributed by atoms with Crippen molar-refractivity contribution in [3.63, 3.8) is 0 Å².